The highest BCUT2D eigenvalue weighted by Gasteiger charge is 2.16. The summed E-state index contributed by atoms with van der Waals surface area (Å²) in [6.45, 7) is 5.83. The van der Waals surface area contributed by atoms with Gasteiger partial charge < -0.3 is 10.3 Å². The Hall–Kier alpha value is -2.06. The molecule has 0 saturated carbocycles. The lowest BCUT2D eigenvalue weighted by atomic mass is 10.0. The van der Waals surface area contributed by atoms with Gasteiger partial charge in [-0.1, -0.05) is 42.0 Å². The van der Waals surface area contributed by atoms with E-state index in [0.717, 1.165) is 6.54 Å². The van der Waals surface area contributed by atoms with Crippen molar-refractivity contribution in [2.75, 3.05) is 0 Å². The SMILES string of the molecule is CCn1c(-c2cccc(C)c2)c(CN)c2ccccc21. The van der Waals surface area contributed by atoms with Crippen LogP contribution in [0.2, 0.25) is 0 Å². The van der Waals surface area contributed by atoms with Crippen LogP contribution < -0.4 is 5.73 Å². The standard InChI is InChI=1S/C18H20N2/c1-3-20-17-10-5-4-9-15(17)16(12-19)18(20)14-8-6-7-13(2)11-14/h4-11H,3,12,19H2,1-2H3. The van der Waals surface area contributed by atoms with Gasteiger partial charge >= 0.3 is 0 Å². The number of aromatic nitrogens is 1. The van der Waals surface area contributed by atoms with Gasteiger partial charge in [0.25, 0.3) is 0 Å². The quantitative estimate of drug-likeness (QED) is 0.758. The minimum atomic E-state index is 0.566. The minimum Gasteiger partial charge on any atom is -0.340 e. The fourth-order valence-corrected chi connectivity index (χ4v) is 3.03. The molecule has 0 bridgehead atoms. The number of aryl methyl sites for hydroxylation is 2. The summed E-state index contributed by atoms with van der Waals surface area (Å²) in [7, 11) is 0. The van der Waals surface area contributed by atoms with E-state index in [2.05, 4.69) is 66.9 Å². The molecule has 0 aliphatic rings. The van der Waals surface area contributed by atoms with Crippen molar-refractivity contribution >= 4 is 10.9 Å². The van der Waals surface area contributed by atoms with E-state index in [1.54, 1.807) is 0 Å². The molecule has 0 radical (unpaired) electrons. The summed E-state index contributed by atoms with van der Waals surface area (Å²) in [6, 6.07) is 17.2. The van der Waals surface area contributed by atoms with Gasteiger partial charge in [-0.25, -0.2) is 0 Å². The molecule has 3 aromatic rings. The van der Waals surface area contributed by atoms with Crippen molar-refractivity contribution in [2.24, 2.45) is 5.73 Å². The lowest BCUT2D eigenvalue weighted by molar-refractivity contribution is 0.800. The molecule has 2 aromatic carbocycles. The van der Waals surface area contributed by atoms with Gasteiger partial charge in [-0.2, -0.15) is 0 Å². The smallest absolute Gasteiger partial charge is 0.0536 e. The molecule has 2 N–H and O–H groups in total. The number of para-hydroxylation sites is 1. The molecule has 0 amide bonds. The molecular formula is C18H20N2. The topological polar surface area (TPSA) is 30.9 Å². The van der Waals surface area contributed by atoms with E-state index in [9.17, 15) is 0 Å². The third kappa shape index (κ3) is 1.93. The highest BCUT2D eigenvalue weighted by atomic mass is 15.0. The van der Waals surface area contributed by atoms with E-state index in [1.807, 2.05) is 0 Å². The lowest BCUT2D eigenvalue weighted by Crippen LogP contribution is -2.02. The zero-order valence-electron chi connectivity index (χ0n) is 12.1. The number of rotatable bonds is 3. The summed E-state index contributed by atoms with van der Waals surface area (Å²) in [5.41, 5.74) is 12.4. The third-order valence-electron chi connectivity index (χ3n) is 3.89. The molecule has 0 aliphatic carbocycles. The summed E-state index contributed by atoms with van der Waals surface area (Å²) in [4.78, 5) is 0. The molecule has 102 valence electrons. The minimum absolute atomic E-state index is 0.566. The van der Waals surface area contributed by atoms with Crippen LogP contribution in [0.4, 0.5) is 0 Å². The van der Waals surface area contributed by atoms with Crippen molar-refractivity contribution in [1.82, 2.24) is 4.57 Å². The van der Waals surface area contributed by atoms with E-state index in [4.69, 9.17) is 5.73 Å². The second-order valence-corrected chi connectivity index (χ2v) is 5.16. The first-order valence-electron chi connectivity index (χ1n) is 7.13. The van der Waals surface area contributed by atoms with Crippen molar-refractivity contribution in [3.8, 4) is 11.3 Å². The van der Waals surface area contributed by atoms with Crippen molar-refractivity contribution in [1.29, 1.82) is 0 Å². The highest BCUT2D eigenvalue weighted by Crippen LogP contribution is 2.33. The number of hydrogen-bond donors (Lipinski definition) is 1. The van der Waals surface area contributed by atoms with Crippen molar-refractivity contribution in [2.45, 2.75) is 26.9 Å². The second-order valence-electron chi connectivity index (χ2n) is 5.16. The van der Waals surface area contributed by atoms with Crippen LogP contribution in [0.25, 0.3) is 22.2 Å². The maximum Gasteiger partial charge on any atom is 0.0536 e. The van der Waals surface area contributed by atoms with Gasteiger partial charge in [0.2, 0.25) is 0 Å². The number of nitrogens with two attached hydrogens (primary N) is 1. The first-order chi connectivity index (χ1) is 9.76. The largest absolute Gasteiger partial charge is 0.340 e. The molecule has 0 aliphatic heterocycles. The molecular weight excluding hydrogens is 244 g/mol. The number of fused-ring (bicyclic) bond motifs is 1. The first kappa shape index (κ1) is 12.9. The molecule has 0 unspecified atom stereocenters. The van der Waals surface area contributed by atoms with E-state index >= 15 is 0 Å². The Bertz CT molecular complexity index is 712. The Morgan fingerprint density at radius 1 is 1.05 bits per heavy atom. The average molecular weight is 264 g/mol. The molecule has 0 fully saturated rings. The maximum atomic E-state index is 6.05. The Labute approximate surface area is 119 Å². The Balaban J connectivity index is 2.39. The van der Waals surface area contributed by atoms with Gasteiger partial charge in [0.1, 0.15) is 0 Å². The molecule has 20 heavy (non-hydrogen) atoms. The highest BCUT2D eigenvalue weighted by molar-refractivity contribution is 5.92. The first-order valence-corrected chi connectivity index (χ1v) is 7.13. The number of nitrogens with zero attached hydrogens (tertiary/aromatic N) is 1. The van der Waals surface area contributed by atoms with E-state index in [-0.39, 0.29) is 0 Å². The van der Waals surface area contributed by atoms with Crippen LogP contribution in [0, 0.1) is 6.92 Å². The van der Waals surface area contributed by atoms with Crippen LogP contribution in [0.1, 0.15) is 18.1 Å². The van der Waals surface area contributed by atoms with Gasteiger partial charge in [0.15, 0.2) is 0 Å². The molecule has 0 atom stereocenters. The lowest BCUT2D eigenvalue weighted by Gasteiger charge is -2.10. The van der Waals surface area contributed by atoms with E-state index in [0.29, 0.717) is 6.54 Å². The summed E-state index contributed by atoms with van der Waals surface area (Å²) < 4.78 is 2.37. The monoisotopic (exact) mass is 264 g/mol. The fourth-order valence-electron chi connectivity index (χ4n) is 3.03. The average Bonchev–Trinajstić information content (AvgIpc) is 2.80. The van der Waals surface area contributed by atoms with E-state index in [1.165, 1.54) is 33.3 Å². The van der Waals surface area contributed by atoms with Crippen LogP contribution in [0.5, 0.6) is 0 Å². The Morgan fingerprint density at radius 3 is 2.55 bits per heavy atom. The van der Waals surface area contributed by atoms with Gasteiger partial charge in [0, 0.05) is 24.0 Å². The summed E-state index contributed by atoms with van der Waals surface area (Å²) >= 11 is 0. The maximum absolute atomic E-state index is 6.05. The predicted octanol–water partition coefficient (Wildman–Crippen LogP) is 4.10. The molecule has 0 saturated heterocycles. The van der Waals surface area contributed by atoms with Crippen molar-refractivity contribution < 1.29 is 0 Å². The Kier molecular flexibility index (Phi) is 3.33. The predicted molar refractivity (Wildman–Crippen MR) is 85.7 cm³/mol. The van der Waals surface area contributed by atoms with Crippen LogP contribution in [0.15, 0.2) is 48.5 Å². The van der Waals surface area contributed by atoms with Crippen molar-refractivity contribution in [3.63, 3.8) is 0 Å². The van der Waals surface area contributed by atoms with Gasteiger partial charge in [-0.15, -0.1) is 0 Å². The summed E-state index contributed by atoms with van der Waals surface area (Å²) in [6.07, 6.45) is 0. The fraction of sp³-hybridized carbons (Fsp3) is 0.222. The third-order valence-corrected chi connectivity index (χ3v) is 3.89. The molecule has 2 heteroatoms. The number of hydrogen-bond acceptors (Lipinski definition) is 1. The van der Waals surface area contributed by atoms with Crippen LogP contribution in [-0.2, 0) is 13.1 Å². The van der Waals surface area contributed by atoms with E-state index < -0.39 is 0 Å². The molecule has 3 rings (SSSR count). The molecule has 1 heterocycles. The molecule has 1 aromatic heterocycles. The van der Waals surface area contributed by atoms with Crippen LogP contribution >= 0.6 is 0 Å². The molecule has 2 nitrogen and oxygen atoms in total. The second kappa shape index (κ2) is 5.14. The zero-order chi connectivity index (χ0) is 14.1. The van der Waals surface area contributed by atoms with Gasteiger partial charge in [-0.05, 0) is 37.1 Å². The summed E-state index contributed by atoms with van der Waals surface area (Å²) in [5, 5.41) is 1.27. The molecule has 0 spiro atoms. The van der Waals surface area contributed by atoms with Gasteiger partial charge in [-0.3, -0.25) is 0 Å². The van der Waals surface area contributed by atoms with Crippen LogP contribution in [0.3, 0.4) is 0 Å². The van der Waals surface area contributed by atoms with Crippen LogP contribution in [-0.4, -0.2) is 4.57 Å². The van der Waals surface area contributed by atoms with Gasteiger partial charge in [0.05, 0.1) is 5.69 Å². The van der Waals surface area contributed by atoms with Crippen molar-refractivity contribution in [3.05, 3.63) is 59.7 Å². The Morgan fingerprint density at radius 2 is 1.85 bits per heavy atom. The normalized spacial score (nSPS) is 11.2. The zero-order valence-corrected chi connectivity index (χ0v) is 12.1. The summed E-state index contributed by atoms with van der Waals surface area (Å²) in [5.74, 6) is 0. The number of benzene rings is 2.